The van der Waals surface area contributed by atoms with Gasteiger partial charge in [-0.2, -0.15) is 0 Å². The third-order valence-electron chi connectivity index (χ3n) is 3.27. The second-order valence-corrected chi connectivity index (χ2v) is 5.33. The van der Waals surface area contributed by atoms with Gasteiger partial charge in [0.2, 0.25) is 0 Å². The standard InChI is InChI=1S/C19H24O2/c1-4-20-19-7-5-6-18(14-19)17-10-8-16(9-11-17)12-13-21-15(2)3/h5-11,14-15H,4,12-13H2,1-3H3. The fourth-order valence-electron chi connectivity index (χ4n) is 2.21. The van der Waals surface area contributed by atoms with Crippen molar-refractivity contribution in [2.24, 2.45) is 0 Å². The Morgan fingerprint density at radius 3 is 2.38 bits per heavy atom. The van der Waals surface area contributed by atoms with Crippen molar-refractivity contribution in [2.45, 2.75) is 33.3 Å². The summed E-state index contributed by atoms with van der Waals surface area (Å²) in [6.45, 7) is 7.60. The molecule has 0 radical (unpaired) electrons. The summed E-state index contributed by atoms with van der Waals surface area (Å²) in [6, 6.07) is 16.9. The third kappa shape index (κ3) is 4.91. The zero-order valence-electron chi connectivity index (χ0n) is 13.1. The SMILES string of the molecule is CCOc1cccc(-c2ccc(CCOC(C)C)cc2)c1. The van der Waals surface area contributed by atoms with Gasteiger partial charge in [-0.3, -0.25) is 0 Å². The second-order valence-electron chi connectivity index (χ2n) is 5.33. The molecule has 0 bridgehead atoms. The molecule has 21 heavy (non-hydrogen) atoms. The Hall–Kier alpha value is -1.80. The topological polar surface area (TPSA) is 18.5 Å². The van der Waals surface area contributed by atoms with E-state index >= 15 is 0 Å². The highest BCUT2D eigenvalue weighted by Crippen LogP contribution is 2.24. The average molecular weight is 284 g/mol. The van der Waals surface area contributed by atoms with Gasteiger partial charge >= 0.3 is 0 Å². The Bertz CT molecular complexity index is 544. The second kappa shape index (κ2) is 7.84. The normalized spacial score (nSPS) is 10.9. The van der Waals surface area contributed by atoms with Crippen molar-refractivity contribution < 1.29 is 9.47 Å². The lowest BCUT2D eigenvalue weighted by atomic mass is 10.0. The van der Waals surface area contributed by atoms with Crippen LogP contribution in [-0.4, -0.2) is 19.3 Å². The largest absolute Gasteiger partial charge is 0.494 e. The predicted octanol–water partition coefficient (Wildman–Crippen LogP) is 4.72. The fourth-order valence-corrected chi connectivity index (χ4v) is 2.21. The molecular weight excluding hydrogens is 260 g/mol. The molecule has 0 heterocycles. The maximum atomic E-state index is 5.59. The van der Waals surface area contributed by atoms with E-state index in [1.807, 2.05) is 19.1 Å². The van der Waals surface area contributed by atoms with Crippen LogP contribution < -0.4 is 4.74 Å². The molecule has 0 aliphatic rings. The zero-order chi connectivity index (χ0) is 15.1. The van der Waals surface area contributed by atoms with Crippen molar-refractivity contribution in [1.29, 1.82) is 0 Å². The van der Waals surface area contributed by atoms with Gasteiger partial charge in [0.25, 0.3) is 0 Å². The van der Waals surface area contributed by atoms with Crippen LogP contribution >= 0.6 is 0 Å². The Labute approximate surface area is 127 Å². The van der Waals surface area contributed by atoms with Crippen LogP contribution in [0, 0.1) is 0 Å². The summed E-state index contributed by atoms with van der Waals surface area (Å²) in [4.78, 5) is 0. The van der Waals surface area contributed by atoms with E-state index < -0.39 is 0 Å². The molecule has 112 valence electrons. The molecule has 2 rings (SSSR count). The molecule has 0 spiro atoms. The van der Waals surface area contributed by atoms with E-state index in [9.17, 15) is 0 Å². The predicted molar refractivity (Wildman–Crippen MR) is 87.8 cm³/mol. The Morgan fingerprint density at radius 1 is 0.952 bits per heavy atom. The summed E-state index contributed by atoms with van der Waals surface area (Å²) in [6.07, 6.45) is 1.25. The van der Waals surface area contributed by atoms with Crippen molar-refractivity contribution in [2.75, 3.05) is 13.2 Å². The molecule has 0 aliphatic heterocycles. The first kappa shape index (κ1) is 15.6. The molecule has 0 atom stereocenters. The third-order valence-corrected chi connectivity index (χ3v) is 3.27. The van der Waals surface area contributed by atoms with E-state index in [1.54, 1.807) is 0 Å². The first-order valence-electron chi connectivity index (χ1n) is 7.63. The molecule has 0 unspecified atom stereocenters. The van der Waals surface area contributed by atoms with Crippen molar-refractivity contribution in [3.05, 3.63) is 54.1 Å². The van der Waals surface area contributed by atoms with Crippen molar-refractivity contribution in [3.8, 4) is 16.9 Å². The van der Waals surface area contributed by atoms with Gasteiger partial charge in [0, 0.05) is 0 Å². The summed E-state index contributed by atoms with van der Waals surface area (Å²) in [7, 11) is 0. The van der Waals surface area contributed by atoms with E-state index in [2.05, 4.69) is 50.2 Å². The number of hydrogen-bond donors (Lipinski definition) is 0. The maximum absolute atomic E-state index is 5.59. The zero-order valence-corrected chi connectivity index (χ0v) is 13.1. The average Bonchev–Trinajstić information content (AvgIpc) is 2.48. The van der Waals surface area contributed by atoms with Gasteiger partial charge in [-0.1, -0.05) is 36.4 Å². The molecule has 2 nitrogen and oxygen atoms in total. The molecule has 0 aromatic heterocycles. The highest BCUT2D eigenvalue weighted by molar-refractivity contribution is 5.65. The van der Waals surface area contributed by atoms with Crippen LogP contribution in [0.2, 0.25) is 0 Å². The van der Waals surface area contributed by atoms with Gasteiger partial charge < -0.3 is 9.47 Å². The van der Waals surface area contributed by atoms with Crippen molar-refractivity contribution in [3.63, 3.8) is 0 Å². The van der Waals surface area contributed by atoms with Crippen molar-refractivity contribution in [1.82, 2.24) is 0 Å². The lowest BCUT2D eigenvalue weighted by molar-refractivity contribution is 0.0813. The van der Waals surface area contributed by atoms with Crippen LogP contribution in [-0.2, 0) is 11.2 Å². The number of ether oxygens (including phenoxy) is 2. The van der Waals surface area contributed by atoms with E-state index in [1.165, 1.54) is 16.7 Å². The lowest BCUT2D eigenvalue weighted by Crippen LogP contribution is -2.05. The smallest absolute Gasteiger partial charge is 0.119 e. The van der Waals surface area contributed by atoms with Gasteiger partial charge in [0.1, 0.15) is 5.75 Å². The van der Waals surface area contributed by atoms with Crippen molar-refractivity contribution >= 4 is 0 Å². The first-order chi connectivity index (χ1) is 10.2. The highest BCUT2D eigenvalue weighted by atomic mass is 16.5. The van der Waals surface area contributed by atoms with E-state index in [-0.39, 0.29) is 0 Å². The van der Waals surface area contributed by atoms with E-state index in [0.29, 0.717) is 12.7 Å². The van der Waals surface area contributed by atoms with Crippen LogP contribution in [0.4, 0.5) is 0 Å². The number of hydrogen-bond acceptors (Lipinski definition) is 2. The molecule has 0 saturated carbocycles. The molecule has 2 heteroatoms. The molecule has 0 fully saturated rings. The minimum Gasteiger partial charge on any atom is -0.494 e. The summed E-state index contributed by atoms with van der Waals surface area (Å²) >= 11 is 0. The summed E-state index contributed by atoms with van der Waals surface area (Å²) < 4.78 is 11.1. The summed E-state index contributed by atoms with van der Waals surface area (Å²) in [5.41, 5.74) is 3.70. The Balaban J connectivity index is 2.02. The van der Waals surface area contributed by atoms with Crippen LogP contribution in [0.1, 0.15) is 26.3 Å². The van der Waals surface area contributed by atoms with Crippen LogP contribution in [0.15, 0.2) is 48.5 Å². The van der Waals surface area contributed by atoms with Crippen LogP contribution in [0.25, 0.3) is 11.1 Å². The molecule has 0 saturated heterocycles. The molecule has 0 N–H and O–H groups in total. The maximum Gasteiger partial charge on any atom is 0.119 e. The Kier molecular flexibility index (Phi) is 5.82. The quantitative estimate of drug-likeness (QED) is 0.732. The lowest BCUT2D eigenvalue weighted by Gasteiger charge is -2.09. The van der Waals surface area contributed by atoms with Gasteiger partial charge in [-0.05, 0) is 56.0 Å². The summed E-state index contributed by atoms with van der Waals surface area (Å²) in [5.74, 6) is 0.921. The molecule has 0 aliphatic carbocycles. The molecule has 0 amide bonds. The van der Waals surface area contributed by atoms with E-state index in [4.69, 9.17) is 9.47 Å². The summed E-state index contributed by atoms with van der Waals surface area (Å²) in [5, 5.41) is 0. The first-order valence-corrected chi connectivity index (χ1v) is 7.63. The molecule has 2 aromatic rings. The van der Waals surface area contributed by atoms with Crippen LogP contribution in [0.5, 0.6) is 5.75 Å². The van der Waals surface area contributed by atoms with Gasteiger partial charge in [0.05, 0.1) is 19.3 Å². The monoisotopic (exact) mass is 284 g/mol. The van der Waals surface area contributed by atoms with Crippen LogP contribution in [0.3, 0.4) is 0 Å². The van der Waals surface area contributed by atoms with Gasteiger partial charge in [0.15, 0.2) is 0 Å². The highest BCUT2D eigenvalue weighted by Gasteiger charge is 2.01. The van der Waals surface area contributed by atoms with Gasteiger partial charge in [-0.15, -0.1) is 0 Å². The molecule has 2 aromatic carbocycles. The fraction of sp³-hybridized carbons (Fsp3) is 0.368. The number of benzene rings is 2. The minimum atomic E-state index is 0.297. The Morgan fingerprint density at radius 2 is 1.71 bits per heavy atom. The minimum absolute atomic E-state index is 0.297. The number of rotatable bonds is 7. The molecular formula is C19H24O2. The van der Waals surface area contributed by atoms with E-state index in [0.717, 1.165) is 18.8 Å². The van der Waals surface area contributed by atoms with Gasteiger partial charge in [-0.25, -0.2) is 0 Å².